The minimum atomic E-state index is -1.08. The SMILES string of the molecule is C[C@@H](CN)Oc1ccc(F)cc1[C@H]1CCCN1c1ccn2ncc(C(=O)O)c2n1. The van der Waals surface area contributed by atoms with Crippen LogP contribution in [-0.2, 0) is 0 Å². The molecular weight excluding hydrogens is 377 g/mol. The van der Waals surface area contributed by atoms with Gasteiger partial charge in [-0.2, -0.15) is 5.10 Å². The molecule has 4 rings (SSSR count). The van der Waals surface area contributed by atoms with Gasteiger partial charge in [0.25, 0.3) is 0 Å². The van der Waals surface area contributed by atoms with E-state index in [0.29, 0.717) is 24.7 Å². The predicted molar refractivity (Wildman–Crippen MR) is 105 cm³/mol. The summed E-state index contributed by atoms with van der Waals surface area (Å²) in [5.74, 6) is -0.214. The van der Waals surface area contributed by atoms with Crippen LogP contribution in [-0.4, -0.2) is 44.9 Å². The number of halogens is 1. The first kappa shape index (κ1) is 19.1. The average Bonchev–Trinajstić information content (AvgIpc) is 3.35. The van der Waals surface area contributed by atoms with Crippen molar-refractivity contribution in [2.75, 3.05) is 18.0 Å². The maximum absolute atomic E-state index is 14.1. The second-order valence-electron chi connectivity index (χ2n) is 7.12. The van der Waals surface area contributed by atoms with E-state index in [4.69, 9.17) is 10.5 Å². The topological polar surface area (TPSA) is 106 Å². The van der Waals surface area contributed by atoms with Gasteiger partial charge in [-0.1, -0.05) is 0 Å². The molecule has 0 bridgehead atoms. The maximum Gasteiger partial charge on any atom is 0.341 e. The van der Waals surface area contributed by atoms with E-state index in [2.05, 4.69) is 10.1 Å². The Kier molecular flexibility index (Phi) is 5.06. The van der Waals surface area contributed by atoms with E-state index in [1.165, 1.54) is 22.8 Å². The van der Waals surface area contributed by atoms with Crippen molar-refractivity contribution in [3.8, 4) is 5.75 Å². The maximum atomic E-state index is 14.1. The Hall–Kier alpha value is -3.20. The lowest BCUT2D eigenvalue weighted by atomic mass is 10.0. The predicted octanol–water partition coefficient (Wildman–Crippen LogP) is 2.63. The van der Waals surface area contributed by atoms with Crippen LogP contribution in [0.3, 0.4) is 0 Å². The van der Waals surface area contributed by atoms with Gasteiger partial charge in [0.15, 0.2) is 5.65 Å². The Morgan fingerprint density at radius 3 is 3.03 bits per heavy atom. The molecule has 0 aliphatic carbocycles. The molecule has 3 N–H and O–H groups in total. The van der Waals surface area contributed by atoms with Crippen molar-refractivity contribution in [2.45, 2.75) is 31.9 Å². The molecule has 1 aliphatic heterocycles. The van der Waals surface area contributed by atoms with Crippen LogP contribution in [0.1, 0.15) is 41.7 Å². The highest BCUT2D eigenvalue weighted by molar-refractivity contribution is 5.94. The number of anilines is 1. The lowest BCUT2D eigenvalue weighted by Crippen LogP contribution is -2.27. The second kappa shape index (κ2) is 7.67. The molecule has 0 amide bonds. The standard InChI is InChI=1S/C20H22FN5O3/c1-12(10-22)29-17-5-4-13(21)9-14(17)16-3-2-7-25(16)18-6-8-26-19(24-18)15(11-23-26)20(27)28/h4-6,8-9,11-12,16H,2-3,7,10,22H2,1H3,(H,27,28)/t12-,16+/m0/s1. The summed E-state index contributed by atoms with van der Waals surface area (Å²) in [6.07, 6.45) is 4.45. The van der Waals surface area contributed by atoms with Gasteiger partial charge in [0, 0.05) is 24.8 Å². The Morgan fingerprint density at radius 1 is 1.45 bits per heavy atom. The normalized spacial score (nSPS) is 17.6. The van der Waals surface area contributed by atoms with Gasteiger partial charge in [0.1, 0.15) is 29.1 Å². The number of nitrogens with zero attached hydrogens (tertiary/aromatic N) is 4. The van der Waals surface area contributed by atoms with E-state index in [9.17, 15) is 14.3 Å². The van der Waals surface area contributed by atoms with E-state index >= 15 is 0 Å². The molecule has 0 spiro atoms. The molecule has 3 heterocycles. The largest absolute Gasteiger partial charge is 0.489 e. The van der Waals surface area contributed by atoms with E-state index in [1.54, 1.807) is 18.3 Å². The molecule has 0 radical (unpaired) electrons. The number of carboxylic acids is 1. The number of hydrogen-bond acceptors (Lipinski definition) is 6. The Morgan fingerprint density at radius 2 is 2.28 bits per heavy atom. The molecule has 9 heteroatoms. The third kappa shape index (κ3) is 3.61. The number of rotatable bonds is 6. The lowest BCUT2D eigenvalue weighted by Gasteiger charge is -2.28. The molecule has 0 unspecified atom stereocenters. The molecule has 2 atom stereocenters. The van der Waals surface area contributed by atoms with Gasteiger partial charge in [-0.3, -0.25) is 0 Å². The Labute approximate surface area is 166 Å². The van der Waals surface area contributed by atoms with Crippen LogP contribution in [0, 0.1) is 5.82 Å². The van der Waals surface area contributed by atoms with Crippen molar-refractivity contribution in [2.24, 2.45) is 5.73 Å². The third-order valence-corrected chi connectivity index (χ3v) is 5.12. The summed E-state index contributed by atoms with van der Waals surface area (Å²) >= 11 is 0. The first-order chi connectivity index (χ1) is 14.0. The van der Waals surface area contributed by atoms with Crippen LogP contribution in [0.5, 0.6) is 5.75 Å². The zero-order valence-corrected chi connectivity index (χ0v) is 16.0. The van der Waals surface area contributed by atoms with Gasteiger partial charge in [-0.05, 0) is 44.0 Å². The molecule has 3 aromatic rings. The number of benzene rings is 1. The molecule has 1 aliphatic rings. The lowest BCUT2D eigenvalue weighted by molar-refractivity contribution is 0.0698. The second-order valence-corrected chi connectivity index (χ2v) is 7.12. The van der Waals surface area contributed by atoms with Crippen LogP contribution >= 0.6 is 0 Å². The van der Waals surface area contributed by atoms with Crippen molar-refractivity contribution in [3.63, 3.8) is 0 Å². The molecule has 2 aromatic heterocycles. The number of hydrogen-bond donors (Lipinski definition) is 2. The summed E-state index contributed by atoms with van der Waals surface area (Å²) in [5.41, 5.74) is 6.72. The van der Waals surface area contributed by atoms with Gasteiger partial charge in [0.2, 0.25) is 0 Å². The number of nitrogens with two attached hydrogens (primary N) is 1. The molecule has 1 fully saturated rings. The summed E-state index contributed by atoms with van der Waals surface area (Å²) < 4.78 is 21.4. The van der Waals surface area contributed by atoms with Crippen LogP contribution < -0.4 is 15.4 Å². The van der Waals surface area contributed by atoms with Gasteiger partial charge >= 0.3 is 5.97 Å². The van der Waals surface area contributed by atoms with Gasteiger partial charge in [0.05, 0.1) is 12.2 Å². The molecule has 8 nitrogen and oxygen atoms in total. The van der Waals surface area contributed by atoms with E-state index in [0.717, 1.165) is 18.4 Å². The van der Waals surface area contributed by atoms with Crippen LogP contribution in [0.15, 0.2) is 36.7 Å². The Bertz CT molecular complexity index is 1050. The summed E-state index contributed by atoms with van der Waals surface area (Å²) in [7, 11) is 0. The number of fused-ring (bicyclic) bond motifs is 1. The average molecular weight is 399 g/mol. The van der Waals surface area contributed by atoms with E-state index in [-0.39, 0.29) is 29.2 Å². The number of aromatic carboxylic acids is 1. The summed E-state index contributed by atoms with van der Waals surface area (Å²) in [6, 6.07) is 6.13. The van der Waals surface area contributed by atoms with Crippen LogP contribution in [0.2, 0.25) is 0 Å². The fourth-order valence-corrected chi connectivity index (χ4v) is 3.69. The van der Waals surface area contributed by atoms with Crippen molar-refractivity contribution in [1.29, 1.82) is 0 Å². The van der Waals surface area contributed by atoms with Crippen LogP contribution in [0.4, 0.5) is 10.2 Å². The zero-order valence-electron chi connectivity index (χ0n) is 16.0. The molecular formula is C20H22FN5O3. The highest BCUT2D eigenvalue weighted by atomic mass is 19.1. The first-order valence-electron chi connectivity index (χ1n) is 9.48. The van der Waals surface area contributed by atoms with Crippen molar-refractivity contribution in [1.82, 2.24) is 14.6 Å². The smallest absolute Gasteiger partial charge is 0.341 e. The van der Waals surface area contributed by atoms with Crippen molar-refractivity contribution >= 4 is 17.4 Å². The van der Waals surface area contributed by atoms with Gasteiger partial charge in [-0.15, -0.1) is 0 Å². The third-order valence-electron chi connectivity index (χ3n) is 5.12. The monoisotopic (exact) mass is 399 g/mol. The number of carboxylic acid groups (broad SMARTS) is 1. The fraction of sp³-hybridized carbons (Fsp3) is 0.350. The molecule has 1 aromatic carbocycles. The summed E-state index contributed by atoms with van der Waals surface area (Å²) in [6.45, 7) is 2.93. The van der Waals surface area contributed by atoms with Gasteiger partial charge in [-0.25, -0.2) is 18.7 Å². The first-order valence-corrected chi connectivity index (χ1v) is 9.48. The van der Waals surface area contributed by atoms with Gasteiger partial charge < -0.3 is 20.5 Å². The molecule has 152 valence electrons. The van der Waals surface area contributed by atoms with E-state index in [1.807, 2.05) is 11.8 Å². The molecule has 0 saturated carbocycles. The van der Waals surface area contributed by atoms with E-state index < -0.39 is 5.97 Å². The quantitative estimate of drug-likeness (QED) is 0.656. The fourth-order valence-electron chi connectivity index (χ4n) is 3.69. The number of ether oxygens (including phenoxy) is 1. The highest BCUT2D eigenvalue weighted by Crippen LogP contribution is 2.40. The summed E-state index contributed by atoms with van der Waals surface area (Å²) in [4.78, 5) is 18.0. The minimum absolute atomic E-state index is 0.0362. The highest BCUT2D eigenvalue weighted by Gasteiger charge is 2.30. The Balaban J connectivity index is 1.73. The van der Waals surface area contributed by atoms with Crippen molar-refractivity contribution < 1.29 is 19.0 Å². The molecule has 1 saturated heterocycles. The molecule has 29 heavy (non-hydrogen) atoms. The minimum Gasteiger partial charge on any atom is -0.489 e. The zero-order chi connectivity index (χ0) is 20.5. The summed E-state index contributed by atoms with van der Waals surface area (Å²) in [5, 5.41) is 13.4. The van der Waals surface area contributed by atoms with Crippen molar-refractivity contribution in [3.05, 3.63) is 53.6 Å². The number of aromatic nitrogens is 3. The van der Waals surface area contributed by atoms with Crippen LogP contribution in [0.25, 0.3) is 5.65 Å². The number of carbonyl (C=O) groups is 1.